The molecule has 584 valence electrons. The molecule has 9 aromatic heterocycles. The van der Waals surface area contributed by atoms with Crippen LogP contribution in [0.3, 0.4) is 0 Å². The molecule has 6 aliphatic rings. The minimum absolute atomic E-state index is 0.0795. The van der Waals surface area contributed by atoms with E-state index in [1.54, 1.807) is 81.7 Å². The summed E-state index contributed by atoms with van der Waals surface area (Å²) in [6.07, 6.45) is 17.6. The van der Waals surface area contributed by atoms with Crippen LogP contribution < -0.4 is 37.9 Å². The lowest BCUT2D eigenvalue weighted by Gasteiger charge is -2.37. The topological polar surface area (TPSA) is 343 Å². The zero-order valence-corrected chi connectivity index (χ0v) is 63.8. The summed E-state index contributed by atoms with van der Waals surface area (Å²) in [6.45, 7) is 9.63. The van der Waals surface area contributed by atoms with Gasteiger partial charge >= 0.3 is 12.2 Å². The molecule has 113 heavy (non-hydrogen) atoms. The molecule has 9 aromatic rings. The molecular formula is C85H94N18O10. The smallest absolute Gasteiger partial charge is 0.409 e. The zero-order chi connectivity index (χ0) is 79.1. The predicted octanol–water partition coefficient (Wildman–Crippen LogP) is 7.66. The molecule has 15 heterocycles. The Labute approximate surface area is 654 Å². The number of amides is 5. The van der Waals surface area contributed by atoms with E-state index in [0.29, 0.717) is 136 Å². The summed E-state index contributed by atoms with van der Waals surface area (Å²) >= 11 is 0. The van der Waals surface area contributed by atoms with E-state index in [0.717, 1.165) is 89.3 Å². The summed E-state index contributed by atoms with van der Waals surface area (Å²) in [4.78, 5) is 126. The molecule has 0 unspecified atom stereocenters. The van der Waals surface area contributed by atoms with E-state index in [-0.39, 0.29) is 69.6 Å². The molecule has 4 N–H and O–H groups in total. The summed E-state index contributed by atoms with van der Waals surface area (Å²) in [7, 11) is 2.70. The van der Waals surface area contributed by atoms with Crippen molar-refractivity contribution in [3.05, 3.63) is 246 Å². The van der Waals surface area contributed by atoms with Crippen LogP contribution in [-0.2, 0) is 45.4 Å². The molecule has 0 saturated carbocycles. The third kappa shape index (κ3) is 17.8. The molecule has 0 radical (unpaired) electrons. The van der Waals surface area contributed by atoms with Crippen molar-refractivity contribution in [3.8, 4) is 18.2 Å². The van der Waals surface area contributed by atoms with E-state index in [4.69, 9.17) is 9.47 Å². The number of likely N-dealkylation sites (tertiary alicyclic amines) is 5. The molecule has 0 atom stereocenters. The van der Waals surface area contributed by atoms with Crippen LogP contribution in [0.15, 0.2) is 179 Å². The van der Waals surface area contributed by atoms with E-state index >= 15 is 0 Å². The molecule has 28 nitrogen and oxygen atoms in total. The van der Waals surface area contributed by atoms with Crippen LogP contribution in [0, 0.1) is 34.0 Å². The molecule has 0 aromatic carbocycles. The maximum absolute atomic E-state index is 13.3. The second-order valence-corrected chi connectivity index (χ2v) is 30.0. The average Bonchev–Trinajstić information content (AvgIpc) is 0.777. The lowest BCUT2D eigenvalue weighted by atomic mass is 9.76. The number of fused-ring (bicyclic) bond motifs is 3. The Bertz CT molecular complexity index is 5000. The van der Waals surface area contributed by atoms with Crippen LogP contribution in [0.25, 0.3) is 16.6 Å². The van der Waals surface area contributed by atoms with Crippen molar-refractivity contribution in [3.63, 3.8) is 0 Å². The molecule has 28 heteroatoms. The maximum atomic E-state index is 13.3. The number of carbonyl (C=O) groups is 5. The normalized spacial score (nSPS) is 18.2. The van der Waals surface area contributed by atoms with Gasteiger partial charge in [-0.3, -0.25) is 71.6 Å². The highest BCUT2D eigenvalue weighted by Gasteiger charge is 2.41. The van der Waals surface area contributed by atoms with Crippen LogP contribution in [0.4, 0.5) is 9.59 Å². The van der Waals surface area contributed by atoms with Gasteiger partial charge in [-0.1, -0.05) is 36.4 Å². The maximum Gasteiger partial charge on any atom is 0.409 e. The van der Waals surface area contributed by atoms with Crippen molar-refractivity contribution in [2.45, 2.75) is 131 Å². The van der Waals surface area contributed by atoms with Crippen LogP contribution in [0.1, 0.15) is 142 Å². The Balaban J connectivity index is 0.000000148. The largest absolute Gasteiger partial charge is 0.453 e. The number of piperidine rings is 6. The third-order valence-corrected chi connectivity index (χ3v) is 23.2. The molecule has 6 aliphatic heterocycles. The van der Waals surface area contributed by atoms with E-state index in [9.17, 15) is 54.1 Å². The summed E-state index contributed by atoms with van der Waals surface area (Å²) in [5.74, 6) is -1.12. The first-order valence-corrected chi connectivity index (χ1v) is 38.8. The Hall–Kier alpha value is -12.0. The Kier molecular flexibility index (Phi) is 25.2. The van der Waals surface area contributed by atoms with Crippen molar-refractivity contribution in [1.82, 2.24) is 73.9 Å². The van der Waals surface area contributed by atoms with Gasteiger partial charge in [-0.15, -0.1) is 0 Å². The fourth-order valence-electron chi connectivity index (χ4n) is 16.5. The van der Waals surface area contributed by atoms with Crippen LogP contribution >= 0.6 is 0 Å². The standard InChI is InChI=1S/2C29H32N6O4.C27H30N6O2/c2*1-39-28(38)34-14-8-22(9-15-34)32-26(36)23-18-21(24-6-3-5-13-35(24)27(23)37)19-33-16-10-29(20-30,11-17-33)25-7-2-4-12-31-25;28-19-27(24-6-1-3-11-30-24)9-15-32(16-10-27)18-20-17-22(25(34)31-21-7-12-29-13-8-21)26(35)33-14-4-2-5-23(20)33/h2*2-7,12-13,18,22H,8-11,14-17,19H2,1H3,(H,32,36);1-6,11,14,17,21,29H,7-10,12-13,15-16,18H2,(H,31,34). The number of rotatable bonds is 15. The van der Waals surface area contributed by atoms with Gasteiger partial charge in [-0.25, -0.2) is 9.59 Å². The molecule has 15 rings (SSSR count). The number of carbonyl (C=O) groups excluding carboxylic acids is 5. The van der Waals surface area contributed by atoms with Gasteiger partial charge in [0.15, 0.2) is 0 Å². The van der Waals surface area contributed by atoms with E-state index in [1.165, 1.54) is 23.0 Å². The van der Waals surface area contributed by atoms with Gasteiger partial charge in [0.25, 0.3) is 34.4 Å². The minimum atomic E-state index is -0.609. The van der Waals surface area contributed by atoms with Crippen molar-refractivity contribution < 1.29 is 33.4 Å². The molecule has 0 aliphatic carbocycles. The quantitative estimate of drug-likeness (QED) is 0.0765. The first-order chi connectivity index (χ1) is 55.0. The predicted molar refractivity (Wildman–Crippen MR) is 421 cm³/mol. The van der Waals surface area contributed by atoms with Crippen molar-refractivity contribution >= 4 is 46.5 Å². The highest BCUT2D eigenvalue weighted by atomic mass is 16.5. The molecule has 5 amide bonds. The van der Waals surface area contributed by atoms with Gasteiger partial charge in [-0.05, 0) is 198 Å². The van der Waals surface area contributed by atoms with Gasteiger partial charge in [0.05, 0.1) is 66.1 Å². The van der Waals surface area contributed by atoms with E-state index < -0.39 is 28.1 Å². The number of hydrogen-bond donors (Lipinski definition) is 4. The fourth-order valence-corrected chi connectivity index (χ4v) is 16.5. The van der Waals surface area contributed by atoms with Crippen LogP contribution in [0.5, 0.6) is 0 Å². The number of pyridine rings is 9. The van der Waals surface area contributed by atoms with Gasteiger partial charge in [-0.2, -0.15) is 15.8 Å². The summed E-state index contributed by atoms with van der Waals surface area (Å²) in [5.41, 5.74) is 5.00. The van der Waals surface area contributed by atoms with Crippen LogP contribution in [0.2, 0.25) is 0 Å². The van der Waals surface area contributed by atoms with Gasteiger partial charge in [0, 0.05) is 140 Å². The SMILES string of the molecule is COC(=O)N1CCC(NC(=O)c2cc(CN3CCC(C#N)(c4ccccn4)CC3)c3ccccn3c2=O)CC1.COC(=O)N1CCC(NC(=O)c2cc(CN3CCC(C#N)(c4ccccn4)CC3)c3ccccn3c2=O)CC1.N#CC1(c2ccccn2)CCN(Cc2cc(C(=O)NC3CCNCC3)c(=O)n3ccccc23)CC1. The summed E-state index contributed by atoms with van der Waals surface area (Å²) < 4.78 is 14.2. The average molecular weight is 1530 g/mol. The number of aromatic nitrogens is 6. The Morgan fingerprint density at radius 1 is 0.416 bits per heavy atom. The number of methoxy groups -OCH3 is 2. The number of hydrogen-bond acceptors (Lipinski definition) is 20. The highest BCUT2D eigenvalue weighted by molar-refractivity contribution is 5.96. The molecular weight excluding hydrogens is 1430 g/mol. The van der Waals surface area contributed by atoms with E-state index in [1.807, 2.05) is 97.1 Å². The second-order valence-electron chi connectivity index (χ2n) is 30.0. The molecule has 0 spiro atoms. The summed E-state index contributed by atoms with van der Waals surface area (Å²) in [5, 5.41) is 42.4. The number of nitrogens with one attached hydrogen (secondary N) is 4. The van der Waals surface area contributed by atoms with Crippen LogP contribution in [-0.4, -0.2) is 193 Å². The molecule has 6 fully saturated rings. The Morgan fingerprint density at radius 3 is 0.965 bits per heavy atom. The molecule has 6 saturated heterocycles. The lowest BCUT2D eigenvalue weighted by Crippen LogP contribution is -2.47. The number of ether oxygens (including phenoxy) is 2. The Morgan fingerprint density at radius 2 is 0.699 bits per heavy atom. The second kappa shape index (κ2) is 36.0. The first-order valence-electron chi connectivity index (χ1n) is 38.8. The number of nitrogens with zero attached hydrogens (tertiary/aromatic N) is 14. The fraction of sp³-hybridized carbons (Fsp3) is 0.412. The summed E-state index contributed by atoms with van der Waals surface area (Å²) in [6, 6.07) is 46.4. The van der Waals surface area contributed by atoms with Crippen molar-refractivity contribution in [1.29, 1.82) is 15.8 Å². The van der Waals surface area contributed by atoms with E-state index in [2.05, 4.69) is 69.1 Å². The third-order valence-electron chi connectivity index (χ3n) is 23.2. The van der Waals surface area contributed by atoms with Gasteiger partial charge in [0.2, 0.25) is 0 Å². The minimum Gasteiger partial charge on any atom is -0.453 e. The van der Waals surface area contributed by atoms with Crippen molar-refractivity contribution in [2.24, 2.45) is 0 Å². The molecule has 0 bridgehead atoms. The highest BCUT2D eigenvalue weighted by Crippen LogP contribution is 2.38. The monoisotopic (exact) mass is 1530 g/mol. The lowest BCUT2D eigenvalue weighted by molar-refractivity contribution is 0.0877. The first kappa shape index (κ1) is 79.1. The van der Waals surface area contributed by atoms with Crippen molar-refractivity contribution in [2.75, 3.05) is 92.8 Å². The zero-order valence-electron chi connectivity index (χ0n) is 63.8. The van der Waals surface area contributed by atoms with Gasteiger partial charge in [0.1, 0.15) is 32.9 Å². The van der Waals surface area contributed by atoms with Gasteiger partial charge < -0.3 is 40.5 Å². The number of nitriles is 3.